The van der Waals surface area contributed by atoms with Crippen molar-refractivity contribution in [1.82, 2.24) is 4.90 Å². The second-order valence-corrected chi connectivity index (χ2v) is 15.9. The highest BCUT2D eigenvalue weighted by molar-refractivity contribution is 6.99. The van der Waals surface area contributed by atoms with E-state index < -0.39 is 13.9 Å². The third-order valence-electron chi connectivity index (χ3n) is 6.63. The van der Waals surface area contributed by atoms with Crippen LogP contribution >= 0.6 is 0 Å². The Morgan fingerprint density at radius 1 is 0.941 bits per heavy atom. The lowest BCUT2D eigenvalue weighted by Crippen LogP contribution is -2.67. The molecular weight excluding hydrogens is 438 g/mol. The number of hydrogen-bond acceptors (Lipinski definition) is 4. The van der Waals surface area contributed by atoms with E-state index in [-0.39, 0.29) is 17.0 Å². The standard InChI is InChI=1S/C29H43NO3Si/c1-8-19-30-21-23(20-26(30)27(31)33-28(2,3)4)22-32-34(29(5,6)7,24-15-11-9-12-16-24)25-17-13-10-14-18-25/h9-18,23,26H,8,19-22H2,1-7H3. The van der Waals surface area contributed by atoms with Crippen LogP contribution in [0.25, 0.3) is 0 Å². The number of nitrogens with zero attached hydrogens (tertiary/aromatic N) is 1. The Labute approximate surface area is 207 Å². The first-order chi connectivity index (χ1) is 16.0. The molecule has 0 amide bonds. The lowest BCUT2D eigenvalue weighted by atomic mass is 10.1. The first-order valence-corrected chi connectivity index (χ1v) is 14.6. The topological polar surface area (TPSA) is 38.8 Å². The van der Waals surface area contributed by atoms with Crippen LogP contribution in [0.5, 0.6) is 0 Å². The Kier molecular flexibility index (Phi) is 8.43. The third-order valence-corrected chi connectivity index (χ3v) is 11.6. The molecule has 1 heterocycles. The summed E-state index contributed by atoms with van der Waals surface area (Å²) in [7, 11) is -2.58. The molecule has 0 N–H and O–H groups in total. The summed E-state index contributed by atoms with van der Waals surface area (Å²) in [5.41, 5.74) is -0.474. The molecule has 4 nitrogen and oxygen atoms in total. The number of carbonyl (C=O) groups excluding carboxylic acids is 1. The van der Waals surface area contributed by atoms with Crippen LogP contribution in [0, 0.1) is 5.92 Å². The minimum atomic E-state index is -2.58. The highest BCUT2D eigenvalue weighted by Gasteiger charge is 2.51. The first kappa shape index (κ1) is 26.6. The summed E-state index contributed by atoms with van der Waals surface area (Å²) in [5, 5.41) is 2.53. The van der Waals surface area contributed by atoms with E-state index in [2.05, 4.69) is 93.3 Å². The van der Waals surface area contributed by atoms with Crippen molar-refractivity contribution in [3.05, 3.63) is 60.7 Å². The predicted octanol–water partition coefficient (Wildman–Crippen LogP) is 5.01. The molecule has 0 spiro atoms. The van der Waals surface area contributed by atoms with Gasteiger partial charge >= 0.3 is 5.97 Å². The summed E-state index contributed by atoms with van der Waals surface area (Å²) in [6, 6.07) is 21.3. The molecule has 2 unspecified atom stereocenters. The van der Waals surface area contributed by atoms with Crippen molar-refractivity contribution in [3.63, 3.8) is 0 Å². The van der Waals surface area contributed by atoms with Crippen molar-refractivity contribution in [2.75, 3.05) is 19.7 Å². The zero-order valence-electron chi connectivity index (χ0n) is 22.1. The highest BCUT2D eigenvalue weighted by atomic mass is 28.4. The molecule has 1 fully saturated rings. The molecule has 1 aliphatic rings. The smallest absolute Gasteiger partial charge is 0.323 e. The molecule has 2 aromatic rings. The van der Waals surface area contributed by atoms with Crippen LogP contribution in [0.2, 0.25) is 5.04 Å². The van der Waals surface area contributed by atoms with Crippen LogP contribution in [-0.2, 0) is 14.0 Å². The van der Waals surface area contributed by atoms with Crippen molar-refractivity contribution < 1.29 is 14.0 Å². The number of likely N-dealkylation sites (tertiary alicyclic amines) is 1. The zero-order chi connectivity index (χ0) is 25.0. The van der Waals surface area contributed by atoms with Gasteiger partial charge in [-0.05, 0) is 61.5 Å². The number of esters is 1. The van der Waals surface area contributed by atoms with Gasteiger partial charge in [-0.15, -0.1) is 0 Å². The first-order valence-electron chi connectivity index (χ1n) is 12.7. The molecule has 2 aromatic carbocycles. The molecule has 186 valence electrons. The van der Waals surface area contributed by atoms with E-state index in [1.165, 1.54) is 10.4 Å². The van der Waals surface area contributed by atoms with E-state index in [9.17, 15) is 4.79 Å². The van der Waals surface area contributed by atoms with Gasteiger partial charge in [-0.25, -0.2) is 0 Å². The summed E-state index contributed by atoms with van der Waals surface area (Å²) in [4.78, 5) is 15.3. The molecule has 1 saturated heterocycles. The number of hydrogen-bond donors (Lipinski definition) is 0. The Morgan fingerprint density at radius 3 is 1.91 bits per heavy atom. The van der Waals surface area contributed by atoms with Crippen LogP contribution < -0.4 is 10.4 Å². The highest BCUT2D eigenvalue weighted by Crippen LogP contribution is 2.38. The Morgan fingerprint density at radius 2 is 1.47 bits per heavy atom. The largest absolute Gasteiger partial charge is 0.459 e. The van der Waals surface area contributed by atoms with Crippen molar-refractivity contribution in [1.29, 1.82) is 0 Å². The van der Waals surface area contributed by atoms with Gasteiger partial charge in [-0.3, -0.25) is 9.69 Å². The van der Waals surface area contributed by atoms with Gasteiger partial charge in [0, 0.05) is 13.2 Å². The lowest BCUT2D eigenvalue weighted by Gasteiger charge is -2.43. The van der Waals surface area contributed by atoms with E-state index in [0.29, 0.717) is 12.5 Å². The quantitative estimate of drug-likeness (QED) is 0.393. The van der Waals surface area contributed by atoms with Crippen LogP contribution in [0.4, 0.5) is 0 Å². The van der Waals surface area contributed by atoms with Crippen molar-refractivity contribution in [3.8, 4) is 0 Å². The van der Waals surface area contributed by atoms with Crippen LogP contribution in [0.1, 0.15) is 61.3 Å². The molecule has 3 rings (SSSR count). The molecule has 0 bridgehead atoms. The molecule has 34 heavy (non-hydrogen) atoms. The fourth-order valence-corrected chi connectivity index (χ4v) is 9.91. The number of carbonyl (C=O) groups is 1. The minimum absolute atomic E-state index is 0.0536. The van der Waals surface area contributed by atoms with E-state index >= 15 is 0 Å². The van der Waals surface area contributed by atoms with Gasteiger partial charge < -0.3 is 9.16 Å². The molecule has 0 saturated carbocycles. The molecule has 0 aliphatic carbocycles. The Bertz CT molecular complexity index is 878. The third kappa shape index (κ3) is 5.99. The van der Waals surface area contributed by atoms with Gasteiger partial charge in [-0.1, -0.05) is 88.4 Å². The summed E-state index contributed by atoms with van der Waals surface area (Å²) in [6.45, 7) is 17.3. The maximum Gasteiger partial charge on any atom is 0.323 e. The second kappa shape index (κ2) is 10.8. The lowest BCUT2D eigenvalue weighted by molar-refractivity contribution is -0.160. The summed E-state index contributed by atoms with van der Waals surface area (Å²) >= 11 is 0. The molecule has 0 radical (unpaired) electrons. The average molecular weight is 482 g/mol. The monoisotopic (exact) mass is 481 g/mol. The van der Waals surface area contributed by atoms with Crippen LogP contribution in [0.3, 0.4) is 0 Å². The summed E-state index contributed by atoms with van der Waals surface area (Å²) in [5.74, 6) is 0.194. The maximum atomic E-state index is 13.0. The predicted molar refractivity (Wildman–Crippen MR) is 143 cm³/mol. The summed E-state index contributed by atoms with van der Waals surface area (Å²) in [6.07, 6.45) is 1.80. The van der Waals surface area contributed by atoms with Crippen molar-refractivity contribution in [2.24, 2.45) is 5.92 Å². The van der Waals surface area contributed by atoms with Gasteiger partial charge in [0.05, 0.1) is 0 Å². The Hall–Kier alpha value is -1.95. The molecule has 0 aromatic heterocycles. The van der Waals surface area contributed by atoms with Crippen molar-refractivity contribution >= 4 is 24.7 Å². The SMILES string of the molecule is CCCN1CC(CO[Si](c2ccccc2)(c2ccccc2)C(C)(C)C)CC1C(=O)OC(C)(C)C. The number of rotatable bonds is 8. The van der Waals surface area contributed by atoms with Crippen molar-refractivity contribution in [2.45, 2.75) is 78.0 Å². The minimum Gasteiger partial charge on any atom is -0.459 e. The molecule has 5 heteroatoms. The number of ether oxygens (including phenoxy) is 1. The second-order valence-electron chi connectivity index (χ2n) is 11.6. The van der Waals surface area contributed by atoms with Gasteiger partial charge in [0.25, 0.3) is 8.32 Å². The fourth-order valence-electron chi connectivity index (χ4n) is 5.27. The van der Waals surface area contributed by atoms with E-state index in [0.717, 1.165) is 25.9 Å². The normalized spacial score (nSPS) is 19.9. The molecule has 1 aliphatic heterocycles. The maximum absolute atomic E-state index is 13.0. The molecule has 2 atom stereocenters. The van der Waals surface area contributed by atoms with Gasteiger partial charge in [0.2, 0.25) is 0 Å². The van der Waals surface area contributed by atoms with E-state index in [4.69, 9.17) is 9.16 Å². The molecular formula is C29H43NO3Si. The van der Waals surface area contributed by atoms with Gasteiger partial charge in [0.15, 0.2) is 0 Å². The fraction of sp³-hybridized carbons (Fsp3) is 0.552. The average Bonchev–Trinajstić information content (AvgIpc) is 3.17. The number of benzene rings is 2. The zero-order valence-corrected chi connectivity index (χ0v) is 23.1. The summed E-state index contributed by atoms with van der Waals surface area (Å²) < 4.78 is 12.9. The van der Waals surface area contributed by atoms with E-state index in [1.807, 2.05) is 20.8 Å². The van der Waals surface area contributed by atoms with Crippen LogP contribution in [0.15, 0.2) is 60.7 Å². The van der Waals surface area contributed by atoms with E-state index in [1.54, 1.807) is 0 Å². The Balaban J connectivity index is 1.89. The van der Waals surface area contributed by atoms with Crippen LogP contribution in [-0.4, -0.2) is 50.5 Å². The van der Waals surface area contributed by atoms with Gasteiger partial charge in [0.1, 0.15) is 11.6 Å². The van der Waals surface area contributed by atoms with Gasteiger partial charge in [-0.2, -0.15) is 0 Å².